The Bertz CT molecular complexity index is 835. The predicted molar refractivity (Wildman–Crippen MR) is 98.0 cm³/mol. The van der Waals surface area contributed by atoms with Crippen LogP contribution in [0.5, 0.6) is 0 Å². The second-order valence-electron chi connectivity index (χ2n) is 5.14. The molecule has 2 aromatic rings. The number of carbonyl (C=O) groups excluding carboxylic acids is 1. The van der Waals surface area contributed by atoms with E-state index in [4.69, 9.17) is 11.6 Å². The smallest absolute Gasteiger partial charge is 0.252 e. The molecule has 24 heavy (non-hydrogen) atoms. The van der Waals surface area contributed by atoms with E-state index in [0.29, 0.717) is 17.4 Å². The van der Waals surface area contributed by atoms with E-state index in [1.807, 2.05) is 17.5 Å². The molecule has 5 nitrogen and oxygen atoms in total. The Morgan fingerprint density at radius 1 is 1.17 bits per heavy atom. The molecular formula is C15H15ClN2O3S3. The van der Waals surface area contributed by atoms with Gasteiger partial charge in [-0.15, -0.1) is 22.7 Å². The molecule has 2 aromatic heterocycles. The number of hydrogen-bond acceptors (Lipinski definition) is 5. The van der Waals surface area contributed by atoms with E-state index in [1.54, 1.807) is 28.4 Å². The molecule has 128 valence electrons. The van der Waals surface area contributed by atoms with E-state index in [2.05, 4.69) is 0 Å². The zero-order chi connectivity index (χ0) is 17.2. The van der Waals surface area contributed by atoms with Crippen molar-refractivity contribution in [2.75, 3.05) is 26.2 Å². The van der Waals surface area contributed by atoms with Gasteiger partial charge in [-0.25, -0.2) is 8.42 Å². The molecule has 0 aromatic carbocycles. The third kappa shape index (κ3) is 3.89. The van der Waals surface area contributed by atoms with Gasteiger partial charge in [0.15, 0.2) is 0 Å². The number of amides is 1. The molecule has 0 aliphatic carbocycles. The van der Waals surface area contributed by atoms with Gasteiger partial charge in [-0.2, -0.15) is 4.31 Å². The van der Waals surface area contributed by atoms with E-state index in [9.17, 15) is 13.2 Å². The van der Waals surface area contributed by atoms with Crippen LogP contribution in [0.25, 0.3) is 6.08 Å². The monoisotopic (exact) mass is 402 g/mol. The molecule has 9 heteroatoms. The van der Waals surface area contributed by atoms with Crippen LogP contribution in [-0.2, 0) is 14.8 Å². The fraction of sp³-hybridized carbons (Fsp3) is 0.267. The molecule has 0 N–H and O–H groups in total. The molecule has 1 aliphatic heterocycles. The van der Waals surface area contributed by atoms with Crippen molar-refractivity contribution >= 4 is 56.3 Å². The summed E-state index contributed by atoms with van der Waals surface area (Å²) >= 11 is 8.43. The lowest BCUT2D eigenvalue weighted by Crippen LogP contribution is -2.50. The summed E-state index contributed by atoms with van der Waals surface area (Å²) in [5, 5.41) is 1.95. The Morgan fingerprint density at radius 3 is 2.50 bits per heavy atom. The minimum Gasteiger partial charge on any atom is -0.337 e. The zero-order valence-corrected chi connectivity index (χ0v) is 15.8. The van der Waals surface area contributed by atoms with Crippen LogP contribution < -0.4 is 0 Å². The number of nitrogens with zero attached hydrogens (tertiary/aromatic N) is 2. The van der Waals surface area contributed by atoms with Crippen molar-refractivity contribution in [3.8, 4) is 0 Å². The Morgan fingerprint density at radius 2 is 1.92 bits per heavy atom. The number of thiophene rings is 2. The van der Waals surface area contributed by atoms with E-state index < -0.39 is 10.0 Å². The topological polar surface area (TPSA) is 57.7 Å². The third-order valence-corrected chi connectivity index (χ3v) is 8.06. The lowest BCUT2D eigenvalue weighted by Gasteiger charge is -2.33. The van der Waals surface area contributed by atoms with E-state index in [1.165, 1.54) is 16.4 Å². The SMILES string of the molecule is O=C(C=Cc1cccs1)N1CCN(S(=O)(=O)c2ccc(Cl)s2)CC1. The molecule has 0 radical (unpaired) electrons. The molecule has 1 amide bonds. The predicted octanol–water partition coefficient (Wildman–Crippen LogP) is 3.01. The number of rotatable bonds is 4. The Balaban J connectivity index is 1.60. The van der Waals surface area contributed by atoms with Gasteiger partial charge in [0.2, 0.25) is 5.91 Å². The molecule has 1 saturated heterocycles. The second-order valence-corrected chi connectivity index (χ2v) is 10.00. The van der Waals surface area contributed by atoms with Crippen molar-refractivity contribution in [2.24, 2.45) is 0 Å². The lowest BCUT2D eigenvalue weighted by molar-refractivity contribution is -0.127. The van der Waals surface area contributed by atoms with Crippen LogP contribution in [0.1, 0.15) is 4.88 Å². The number of hydrogen-bond donors (Lipinski definition) is 0. The molecule has 1 aliphatic rings. The van der Waals surface area contributed by atoms with Crippen molar-refractivity contribution in [1.29, 1.82) is 0 Å². The summed E-state index contributed by atoms with van der Waals surface area (Å²) in [5.74, 6) is -0.0976. The first-order chi connectivity index (χ1) is 11.5. The Labute approximate surface area is 153 Å². The van der Waals surface area contributed by atoms with Gasteiger partial charge in [0.25, 0.3) is 10.0 Å². The van der Waals surface area contributed by atoms with Crippen LogP contribution >= 0.6 is 34.3 Å². The summed E-state index contributed by atoms with van der Waals surface area (Å²) in [6.45, 7) is 1.34. The van der Waals surface area contributed by atoms with Crippen LogP contribution in [0.3, 0.4) is 0 Å². The summed E-state index contributed by atoms with van der Waals surface area (Å²) < 4.78 is 27.1. The highest BCUT2D eigenvalue weighted by Crippen LogP contribution is 2.28. The number of sulfonamides is 1. The first kappa shape index (κ1) is 17.6. The van der Waals surface area contributed by atoms with E-state index in [-0.39, 0.29) is 23.2 Å². The van der Waals surface area contributed by atoms with Gasteiger partial charge in [0.1, 0.15) is 4.21 Å². The summed E-state index contributed by atoms with van der Waals surface area (Å²) in [6.07, 6.45) is 3.32. The maximum atomic E-state index is 12.5. The Kier molecular flexibility index (Phi) is 5.41. The Hall–Kier alpha value is -1.19. The average molecular weight is 403 g/mol. The fourth-order valence-corrected chi connectivity index (χ4v) is 6.03. The van der Waals surface area contributed by atoms with Crippen molar-refractivity contribution in [3.05, 3.63) is 44.9 Å². The number of piperazine rings is 1. The van der Waals surface area contributed by atoms with E-state index >= 15 is 0 Å². The molecule has 0 saturated carbocycles. The van der Waals surface area contributed by atoms with Crippen LogP contribution in [0.15, 0.2) is 39.9 Å². The summed E-state index contributed by atoms with van der Waals surface area (Å²) in [4.78, 5) is 14.9. The number of halogens is 1. The minimum atomic E-state index is -3.52. The van der Waals surface area contributed by atoms with Gasteiger partial charge in [-0.05, 0) is 29.7 Å². The standard InChI is InChI=1S/C15H15ClN2O3S3/c16-13-4-6-15(23-13)24(20,21)18-9-7-17(8-10-18)14(19)5-3-12-2-1-11-22-12/h1-6,11H,7-10H2. The lowest BCUT2D eigenvalue weighted by atomic mass is 10.3. The van der Waals surface area contributed by atoms with Crippen LogP contribution in [0, 0.1) is 0 Å². The molecule has 3 rings (SSSR count). The summed E-state index contributed by atoms with van der Waals surface area (Å²) in [5.41, 5.74) is 0. The molecule has 0 atom stereocenters. The first-order valence-corrected chi connectivity index (χ1v) is 10.7. The zero-order valence-electron chi connectivity index (χ0n) is 12.6. The van der Waals surface area contributed by atoms with Crippen molar-refractivity contribution in [1.82, 2.24) is 9.21 Å². The molecule has 0 spiro atoms. The maximum absolute atomic E-state index is 12.5. The quantitative estimate of drug-likeness (QED) is 0.738. The van der Waals surface area contributed by atoms with Crippen molar-refractivity contribution in [2.45, 2.75) is 4.21 Å². The van der Waals surface area contributed by atoms with Gasteiger partial charge in [0.05, 0.1) is 4.34 Å². The van der Waals surface area contributed by atoms with Crippen LogP contribution in [0.4, 0.5) is 0 Å². The summed E-state index contributed by atoms with van der Waals surface area (Å²) in [6, 6.07) is 6.96. The molecule has 3 heterocycles. The summed E-state index contributed by atoms with van der Waals surface area (Å²) in [7, 11) is -3.52. The normalized spacial score (nSPS) is 16.8. The van der Waals surface area contributed by atoms with Crippen LogP contribution in [-0.4, -0.2) is 49.7 Å². The van der Waals surface area contributed by atoms with Gasteiger partial charge in [-0.1, -0.05) is 17.7 Å². The van der Waals surface area contributed by atoms with Gasteiger partial charge >= 0.3 is 0 Å². The second kappa shape index (κ2) is 7.37. The van der Waals surface area contributed by atoms with Gasteiger partial charge < -0.3 is 4.90 Å². The first-order valence-electron chi connectivity index (χ1n) is 7.23. The molecule has 0 bridgehead atoms. The maximum Gasteiger partial charge on any atom is 0.252 e. The fourth-order valence-electron chi connectivity index (χ4n) is 2.36. The molecular weight excluding hydrogens is 388 g/mol. The highest BCUT2D eigenvalue weighted by Gasteiger charge is 2.30. The third-order valence-electron chi connectivity index (χ3n) is 3.63. The van der Waals surface area contributed by atoms with Crippen molar-refractivity contribution < 1.29 is 13.2 Å². The van der Waals surface area contributed by atoms with Crippen LogP contribution in [0.2, 0.25) is 4.34 Å². The molecule has 0 unspecified atom stereocenters. The van der Waals surface area contributed by atoms with Crippen molar-refractivity contribution in [3.63, 3.8) is 0 Å². The van der Waals surface area contributed by atoms with Gasteiger partial charge in [0, 0.05) is 37.1 Å². The largest absolute Gasteiger partial charge is 0.337 e. The van der Waals surface area contributed by atoms with E-state index in [0.717, 1.165) is 16.2 Å². The molecule has 1 fully saturated rings. The highest BCUT2D eigenvalue weighted by molar-refractivity contribution is 7.91. The van der Waals surface area contributed by atoms with Gasteiger partial charge in [-0.3, -0.25) is 4.79 Å². The highest BCUT2D eigenvalue weighted by atomic mass is 35.5. The minimum absolute atomic E-state index is 0.0976. The number of carbonyl (C=O) groups is 1. The average Bonchev–Trinajstić information content (AvgIpc) is 3.24.